The summed E-state index contributed by atoms with van der Waals surface area (Å²) >= 11 is 1.58. The third kappa shape index (κ3) is 4.17. The summed E-state index contributed by atoms with van der Waals surface area (Å²) in [6.45, 7) is 2.21. The number of rotatable bonds is 7. The van der Waals surface area contributed by atoms with E-state index < -0.39 is 4.92 Å². The van der Waals surface area contributed by atoms with E-state index in [0.717, 1.165) is 16.5 Å². The van der Waals surface area contributed by atoms with E-state index in [1.54, 1.807) is 18.4 Å². The van der Waals surface area contributed by atoms with Crippen molar-refractivity contribution >= 4 is 29.2 Å². The number of aryl methyl sites for hydroxylation is 1. The molecule has 0 fully saturated rings. The van der Waals surface area contributed by atoms with Gasteiger partial charge in [0.05, 0.1) is 17.0 Å². The molecule has 0 spiro atoms. The van der Waals surface area contributed by atoms with Gasteiger partial charge in [-0.05, 0) is 30.0 Å². The first-order valence-corrected chi connectivity index (χ1v) is 7.93. The molecule has 2 rings (SSSR count). The van der Waals surface area contributed by atoms with Crippen molar-refractivity contribution in [1.29, 1.82) is 0 Å². The number of nitro groups is 1. The second-order valence-electron chi connectivity index (χ2n) is 5.16. The second kappa shape index (κ2) is 7.69. The van der Waals surface area contributed by atoms with Gasteiger partial charge in [-0.3, -0.25) is 19.7 Å². The lowest BCUT2D eigenvalue weighted by atomic mass is 10.2. The molecule has 0 saturated carbocycles. The highest BCUT2D eigenvalue weighted by molar-refractivity contribution is 7.10. The molecule has 7 nitrogen and oxygen atoms in total. The third-order valence-electron chi connectivity index (χ3n) is 3.46. The fraction of sp³-hybridized carbons (Fsp3) is 0.250. The normalized spacial score (nSPS) is 10.2. The molecular formula is C16H16N2O5S. The zero-order valence-electron chi connectivity index (χ0n) is 13.2. The minimum atomic E-state index is -0.598. The zero-order valence-corrected chi connectivity index (χ0v) is 14.0. The standard InChI is InChI=1S/C16H16N2O5S/c1-11-5-6-24-15(11)8-17(2)16(20)10-23-14-4-3-13(18(21)22)7-12(14)9-19/h3-7,9H,8,10H2,1-2H3. The van der Waals surface area contributed by atoms with Gasteiger partial charge in [0.15, 0.2) is 12.9 Å². The Morgan fingerprint density at radius 1 is 1.42 bits per heavy atom. The number of carbonyl (C=O) groups excluding carboxylic acids is 2. The van der Waals surface area contributed by atoms with Crippen molar-refractivity contribution in [2.24, 2.45) is 0 Å². The number of benzene rings is 1. The number of likely N-dealkylation sites (N-methyl/N-ethyl adjacent to an activating group) is 1. The number of amides is 1. The maximum atomic E-state index is 12.1. The number of carbonyl (C=O) groups is 2. The highest BCUT2D eigenvalue weighted by Crippen LogP contribution is 2.23. The summed E-state index contributed by atoms with van der Waals surface area (Å²) in [6.07, 6.45) is 0.464. The number of non-ortho nitro benzene ring substituents is 1. The van der Waals surface area contributed by atoms with Crippen LogP contribution in [-0.4, -0.2) is 35.7 Å². The molecule has 126 valence electrons. The minimum absolute atomic E-state index is 0.0359. The highest BCUT2D eigenvalue weighted by atomic mass is 32.1. The van der Waals surface area contributed by atoms with Gasteiger partial charge in [-0.1, -0.05) is 0 Å². The summed E-state index contributed by atoms with van der Waals surface area (Å²) in [5.74, 6) is -0.109. The van der Waals surface area contributed by atoms with Crippen LogP contribution in [0, 0.1) is 17.0 Å². The van der Waals surface area contributed by atoms with E-state index in [2.05, 4.69) is 0 Å². The number of thiophene rings is 1. The van der Waals surface area contributed by atoms with E-state index in [1.165, 1.54) is 17.0 Å². The Bertz CT molecular complexity index is 772. The smallest absolute Gasteiger partial charge is 0.270 e. The van der Waals surface area contributed by atoms with Crippen LogP contribution >= 0.6 is 11.3 Å². The largest absolute Gasteiger partial charge is 0.483 e. The van der Waals surface area contributed by atoms with Crippen LogP contribution in [0.2, 0.25) is 0 Å². The van der Waals surface area contributed by atoms with Crippen LogP contribution in [0.4, 0.5) is 5.69 Å². The van der Waals surface area contributed by atoms with E-state index in [9.17, 15) is 19.7 Å². The van der Waals surface area contributed by atoms with Crippen LogP contribution in [0.5, 0.6) is 5.75 Å². The lowest BCUT2D eigenvalue weighted by Gasteiger charge is -2.17. The molecule has 0 atom stereocenters. The van der Waals surface area contributed by atoms with Gasteiger partial charge in [0.2, 0.25) is 0 Å². The number of hydrogen-bond donors (Lipinski definition) is 0. The molecule has 0 aliphatic carbocycles. The number of ether oxygens (including phenoxy) is 1. The van der Waals surface area contributed by atoms with Crippen molar-refractivity contribution in [2.45, 2.75) is 13.5 Å². The van der Waals surface area contributed by atoms with Crippen molar-refractivity contribution in [3.05, 3.63) is 55.8 Å². The maximum absolute atomic E-state index is 12.1. The van der Waals surface area contributed by atoms with Crippen molar-refractivity contribution in [1.82, 2.24) is 4.90 Å². The Hall–Kier alpha value is -2.74. The molecule has 1 aromatic heterocycles. The molecule has 1 amide bonds. The summed E-state index contributed by atoms with van der Waals surface area (Å²) in [4.78, 5) is 35.9. The van der Waals surface area contributed by atoms with Gasteiger partial charge in [0.1, 0.15) is 5.75 Å². The summed E-state index contributed by atoms with van der Waals surface area (Å²) in [5, 5.41) is 12.7. The van der Waals surface area contributed by atoms with Crippen LogP contribution in [0.1, 0.15) is 20.8 Å². The Morgan fingerprint density at radius 3 is 2.75 bits per heavy atom. The van der Waals surface area contributed by atoms with Gasteiger partial charge >= 0.3 is 0 Å². The summed E-state index contributed by atoms with van der Waals surface area (Å²) in [6, 6.07) is 5.65. The first-order chi connectivity index (χ1) is 11.4. The molecule has 0 saturated heterocycles. The van der Waals surface area contributed by atoms with Crippen molar-refractivity contribution in [2.75, 3.05) is 13.7 Å². The molecule has 8 heteroatoms. The quantitative estimate of drug-likeness (QED) is 0.436. The number of hydrogen-bond acceptors (Lipinski definition) is 6. The van der Waals surface area contributed by atoms with Crippen molar-refractivity contribution < 1.29 is 19.2 Å². The molecule has 0 bridgehead atoms. The average molecular weight is 348 g/mol. The molecule has 0 radical (unpaired) electrons. The summed E-state index contributed by atoms with van der Waals surface area (Å²) in [5.41, 5.74) is 0.953. The van der Waals surface area contributed by atoms with Crippen molar-refractivity contribution in [3.63, 3.8) is 0 Å². The predicted molar refractivity (Wildman–Crippen MR) is 89.5 cm³/mol. The Labute approximate surface area is 142 Å². The van der Waals surface area contributed by atoms with Gasteiger partial charge in [-0.15, -0.1) is 11.3 Å². The number of nitrogens with zero attached hydrogens (tertiary/aromatic N) is 2. The molecule has 2 aromatic rings. The molecule has 0 N–H and O–H groups in total. The van der Waals surface area contributed by atoms with E-state index in [1.807, 2.05) is 18.4 Å². The summed E-state index contributed by atoms with van der Waals surface area (Å²) < 4.78 is 5.35. The molecule has 1 heterocycles. The Kier molecular flexibility index (Phi) is 5.64. The topological polar surface area (TPSA) is 89.8 Å². The Balaban J connectivity index is 1.99. The molecule has 0 aliphatic heterocycles. The van der Waals surface area contributed by atoms with Gasteiger partial charge in [-0.2, -0.15) is 0 Å². The van der Waals surface area contributed by atoms with Crippen LogP contribution in [0.15, 0.2) is 29.6 Å². The van der Waals surface area contributed by atoms with Crippen molar-refractivity contribution in [3.8, 4) is 5.75 Å². The van der Waals surface area contributed by atoms with Gasteiger partial charge in [-0.25, -0.2) is 0 Å². The maximum Gasteiger partial charge on any atom is 0.270 e. The van der Waals surface area contributed by atoms with Gasteiger partial charge < -0.3 is 9.64 Å². The predicted octanol–water partition coefficient (Wildman–Crippen LogP) is 2.81. The van der Waals surface area contributed by atoms with Crippen LogP contribution in [0.3, 0.4) is 0 Å². The fourth-order valence-corrected chi connectivity index (χ4v) is 2.95. The van der Waals surface area contributed by atoms with Gasteiger partial charge in [0.25, 0.3) is 11.6 Å². The highest BCUT2D eigenvalue weighted by Gasteiger charge is 2.15. The first kappa shape index (κ1) is 17.6. The van der Waals surface area contributed by atoms with E-state index in [4.69, 9.17) is 4.74 Å². The van der Waals surface area contributed by atoms with E-state index in [-0.39, 0.29) is 29.5 Å². The second-order valence-corrected chi connectivity index (χ2v) is 6.16. The zero-order chi connectivity index (χ0) is 17.7. The minimum Gasteiger partial charge on any atom is -0.483 e. The lowest BCUT2D eigenvalue weighted by molar-refractivity contribution is -0.384. The average Bonchev–Trinajstić information content (AvgIpc) is 2.97. The molecule has 24 heavy (non-hydrogen) atoms. The lowest BCUT2D eigenvalue weighted by Crippen LogP contribution is -2.31. The third-order valence-corrected chi connectivity index (χ3v) is 4.46. The van der Waals surface area contributed by atoms with Crippen LogP contribution in [0.25, 0.3) is 0 Å². The molecular weight excluding hydrogens is 332 g/mol. The monoisotopic (exact) mass is 348 g/mol. The fourth-order valence-electron chi connectivity index (χ4n) is 1.99. The Morgan fingerprint density at radius 2 is 2.17 bits per heavy atom. The number of nitro benzene ring substituents is 1. The molecule has 0 unspecified atom stereocenters. The number of aldehydes is 1. The molecule has 0 aliphatic rings. The summed E-state index contributed by atoms with van der Waals surface area (Å²) in [7, 11) is 1.67. The van der Waals surface area contributed by atoms with Crippen LogP contribution < -0.4 is 4.74 Å². The van der Waals surface area contributed by atoms with E-state index >= 15 is 0 Å². The SMILES string of the molecule is Cc1ccsc1CN(C)C(=O)COc1ccc([N+](=O)[O-])cc1C=O. The van der Waals surface area contributed by atoms with Crippen LogP contribution in [-0.2, 0) is 11.3 Å². The molecule has 1 aromatic carbocycles. The van der Waals surface area contributed by atoms with E-state index in [0.29, 0.717) is 12.8 Å². The first-order valence-electron chi connectivity index (χ1n) is 7.05. The van der Waals surface area contributed by atoms with Gasteiger partial charge in [0, 0.05) is 24.1 Å².